The third-order valence-electron chi connectivity index (χ3n) is 2.52. The fourth-order valence-electron chi connectivity index (χ4n) is 1.35. The Morgan fingerprint density at radius 3 is 2.94 bits per heavy atom. The normalized spacial score (nSPS) is 14.6. The third-order valence-corrected chi connectivity index (χ3v) is 2.79. The third kappa shape index (κ3) is 2.64. The van der Waals surface area contributed by atoms with E-state index in [4.69, 9.17) is 16.3 Å². The van der Waals surface area contributed by atoms with Gasteiger partial charge in [0, 0.05) is 6.54 Å². The van der Waals surface area contributed by atoms with Gasteiger partial charge in [-0.05, 0) is 30.9 Å². The largest absolute Gasteiger partial charge is 0.494 e. The molecular weight excluding hydrogens is 228 g/mol. The van der Waals surface area contributed by atoms with Crippen molar-refractivity contribution in [3.63, 3.8) is 0 Å². The minimum Gasteiger partial charge on any atom is -0.494 e. The van der Waals surface area contributed by atoms with Crippen molar-refractivity contribution in [3.05, 3.63) is 23.0 Å². The highest BCUT2D eigenvalue weighted by atomic mass is 35.5. The predicted molar refractivity (Wildman–Crippen MR) is 60.9 cm³/mol. The maximum absolute atomic E-state index is 11.7. The van der Waals surface area contributed by atoms with Crippen molar-refractivity contribution in [1.29, 1.82) is 0 Å². The number of carbonyl (C=O) groups is 1. The van der Waals surface area contributed by atoms with Crippen LogP contribution in [-0.4, -0.2) is 24.5 Å². The molecule has 86 valence electrons. The van der Waals surface area contributed by atoms with Crippen LogP contribution in [0.25, 0.3) is 0 Å². The van der Waals surface area contributed by atoms with Crippen molar-refractivity contribution in [1.82, 2.24) is 10.3 Å². The van der Waals surface area contributed by atoms with Gasteiger partial charge in [0.25, 0.3) is 5.91 Å². The van der Waals surface area contributed by atoms with Gasteiger partial charge in [-0.25, -0.2) is 4.98 Å². The van der Waals surface area contributed by atoms with Gasteiger partial charge in [0.15, 0.2) is 10.9 Å². The minimum absolute atomic E-state index is 0.184. The maximum atomic E-state index is 11.7. The average molecular weight is 241 g/mol. The zero-order valence-corrected chi connectivity index (χ0v) is 9.75. The summed E-state index contributed by atoms with van der Waals surface area (Å²) in [6.07, 6.45) is 2.41. The number of hydrogen-bond donors (Lipinski definition) is 1. The first-order chi connectivity index (χ1) is 7.70. The Morgan fingerprint density at radius 2 is 2.38 bits per heavy atom. The summed E-state index contributed by atoms with van der Waals surface area (Å²) in [7, 11) is 1.51. The standard InChI is InChI=1S/C11H13ClN2O2/c1-16-9-5-4-8(14-10(9)12)11(15)13-6-7-2-3-7/h4-5,7H,2-3,6H2,1H3,(H,13,15). The molecule has 0 spiro atoms. The van der Waals surface area contributed by atoms with Crippen molar-refractivity contribution in [2.24, 2.45) is 5.92 Å². The lowest BCUT2D eigenvalue weighted by atomic mass is 10.3. The number of halogens is 1. The van der Waals surface area contributed by atoms with E-state index in [1.165, 1.54) is 20.0 Å². The minimum atomic E-state index is -0.184. The maximum Gasteiger partial charge on any atom is 0.269 e. The Morgan fingerprint density at radius 1 is 1.62 bits per heavy atom. The molecule has 1 aromatic rings. The molecule has 0 aromatic carbocycles. The molecule has 1 heterocycles. The number of aromatic nitrogens is 1. The number of nitrogens with zero attached hydrogens (tertiary/aromatic N) is 1. The van der Waals surface area contributed by atoms with Crippen molar-refractivity contribution in [2.45, 2.75) is 12.8 Å². The number of hydrogen-bond acceptors (Lipinski definition) is 3. The second kappa shape index (κ2) is 4.70. The lowest BCUT2D eigenvalue weighted by Gasteiger charge is -2.05. The van der Waals surface area contributed by atoms with Gasteiger partial charge >= 0.3 is 0 Å². The first-order valence-electron chi connectivity index (χ1n) is 5.19. The topological polar surface area (TPSA) is 51.2 Å². The monoisotopic (exact) mass is 240 g/mol. The van der Waals surface area contributed by atoms with Gasteiger partial charge in [-0.2, -0.15) is 0 Å². The highest BCUT2D eigenvalue weighted by Gasteiger charge is 2.22. The van der Waals surface area contributed by atoms with Crippen LogP contribution in [0.2, 0.25) is 5.15 Å². The lowest BCUT2D eigenvalue weighted by molar-refractivity contribution is 0.0947. The molecular formula is C11H13ClN2O2. The summed E-state index contributed by atoms with van der Waals surface area (Å²) in [6.45, 7) is 0.726. The molecule has 0 radical (unpaired) electrons. The molecule has 0 saturated heterocycles. The van der Waals surface area contributed by atoms with Gasteiger partial charge in [-0.15, -0.1) is 0 Å². The van der Waals surface area contributed by atoms with E-state index in [0.717, 1.165) is 6.54 Å². The summed E-state index contributed by atoms with van der Waals surface area (Å²) in [5, 5.41) is 3.03. The Bertz CT molecular complexity index is 405. The molecule has 0 aliphatic heterocycles. The summed E-state index contributed by atoms with van der Waals surface area (Å²) in [5.74, 6) is 0.939. The van der Waals surface area contributed by atoms with E-state index >= 15 is 0 Å². The van der Waals surface area contributed by atoms with Crippen LogP contribution >= 0.6 is 11.6 Å². The van der Waals surface area contributed by atoms with Crippen LogP contribution < -0.4 is 10.1 Å². The van der Waals surface area contributed by atoms with Crippen LogP contribution in [0.5, 0.6) is 5.75 Å². The van der Waals surface area contributed by atoms with Gasteiger partial charge in [0.1, 0.15) is 5.69 Å². The van der Waals surface area contributed by atoms with E-state index < -0.39 is 0 Å². The highest BCUT2D eigenvalue weighted by Crippen LogP contribution is 2.27. The molecule has 0 bridgehead atoms. The van der Waals surface area contributed by atoms with E-state index in [1.807, 2.05) is 0 Å². The highest BCUT2D eigenvalue weighted by molar-refractivity contribution is 6.31. The number of carbonyl (C=O) groups excluding carboxylic acids is 1. The quantitative estimate of drug-likeness (QED) is 0.818. The lowest BCUT2D eigenvalue weighted by Crippen LogP contribution is -2.26. The smallest absolute Gasteiger partial charge is 0.269 e. The number of methoxy groups -OCH3 is 1. The summed E-state index contributed by atoms with van der Waals surface area (Å²) >= 11 is 5.83. The predicted octanol–water partition coefficient (Wildman–Crippen LogP) is 1.88. The molecule has 0 atom stereocenters. The molecule has 16 heavy (non-hydrogen) atoms. The second-order valence-electron chi connectivity index (χ2n) is 3.84. The van der Waals surface area contributed by atoms with Gasteiger partial charge in [-0.3, -0.25) is 4.79 Å². The summed E-state index contributed by atoms with van der Waals surface area (Å²) in [4.78, 5) is 15.6. The average Bonchev–Trinajstić information content (AvgIpc) is 3.09. The van der Waals surface area contributed by atoms with Crippen LogP contribution in [0.3, 0.4) is 0 Å². The molecule has 0 unspecified atom stereocenters. The molecule has 1 N–H and O–H groups in total. The SMILES string of the molecule is COc1ccc(C(=O)NCC2CC2)nc1Cl. The molecule has 1 aliphatic carbocycles. The Kier molecular flexibility index (Phi) is 3.29. The van der Waals surface area contributed by atoms with Crippen molar-refractivity contribution < 1.29 is 9.53 Å². The fourth-order valence-corrected chi connectivity index (χ4v) is 1.58. The van der Waals surface area contributed by atoms with E-state index in [1.54, 1.807) is 12.1 Å². The van der Waals surface area contributed by atoms with Crippen molar-refractivity contribution in [2.75, 3.05) is 13.7 Å². The molecule has 1 aliphatic rings. The Balaban J connectivity index is 2.01. The Labute approximate surface area is 99.0 Å². The van der Waals surface area contributed by atoms with Crippen LogP contribution in [0.1, 0.15) is 23.3 Å². The summed E-state index contributed by atoms with van der Waals surface area (Å²) < 4.78 is 4.96. The molecule has 4 nitrogen and oxygen atoms in total. The van der Waals surface area contributed by atoms with Crippen molar-refractivity contribution >= 4 is 17.5 Å². The zero-order chi connectivity index (χ0) is 11.5. The van der Waals surface area contributed by atoms with Gasteiger partial charge in [0.05, 0.1) is 7.11 Å². The second-order valence-corrected chi connectivity index (χ2v) is 4.20. The van der Waals surface area contributed by atoms with Crippen LogP contribution in [0, 0.1) is 5.92 Å². The molecule has 1 amide bonds. The first kappa shape index (κ1) is 11.2. The molecule has 5 heteroatoms. The number of nitrogens with one attached hydrogen (secondary N) is 1. The molecule has 1 aromatic heterocycles. The first-order valence-corrected chi connectivity index (χ1v) is 5.57. The number of pyridine rings is 1. The van der Waals surface area contributed by atoms with E-state index in [2.05, 4.69) is 10.3 Å². The van der Waals surface area contributed by atoms with Crippen LogP contribution in [-0.2, 0) is 0 Å². The fraction of sp³-hybridized carbons (Fsp3) is 0.455. The summed E-state index contributed by atoms with van der Waals surface area (Å²) in [6, 6.07) is 3.24. The van der Waals surface area contributed by atoms with Gasteiger partial charge in [0.2, 0.25) is 0 Å². The molecule has 1 fully saturated rings. The molecule has 2 rings (SSSR count). The number of ether oxygens (including phenoxy) is 1. The number of rotatable bonds is 4. The van der Waals surface area contributed by atoms with Crippen LogP contribution in [0.4, 0.5) is 0 Å². The van der Waals surface area contributed by atoms with E-state index in [0.29, 0.717) is 17.4 Å². The van der Waals surface area contributed by atoms with Gasteiger partial charge in [-0.1, -0.05) is 11.6 Å². The van der Waals surface area contributed by atoms with E-state index in [9.17, 15) is 4.79 Å². The molecule has 1 saturated carbocycles. The van der Waals surface area contributed by atoms with Gasteiger partial charge < -0.3 is 10.1 Å². The van der Waals surface area contributed by atoms with E-state index in [-0.39, 0.29) is 11.1 Å². The zero-order valence-electron chi connectivity index (χ0n) is 9.00. The Hall–Kier alpha value is -1.29. The number of amides is 1. The van der Waals surface area contributed by atoms with Crippen LogP contribution in [0.15, 0.2) is 12.1 Å². The van der Waals surface area contributed by atoms with Crippen molar-refractivity contribution in [3.8, 4) is 5.75 Å². The summed E-state index contributed by atoms with van der Waals surface area (Å²) in [5.41, 5.74) is 0.325.